The molecule has 0 aliphatic carbocycles. The zero-order valence-corrected chi connectivity index (χ0v) is 13.9. The van der Waals surface area contributed by atoms with Crippen molar-refractivity contribution in [3.05, 3.63) is 52.9 Å². The third-order valence-corrected chi connectivity index (χ3v) is 3.00. The Hall–Kier alpha value is -3.17. The number of carbonyl (C=O) groups is 2. The first-order valence-electron chi connectivity index (χ1n) is 6.95. The highest BCUT2D eigenvalue weighted by Crippen LogP contribution is 2.15. The topological polar surface area (TPSA) is 137 Å². The summed E-state index contributed by atoms with van der Waals surface area (Å²) in [6.45, 7) is 1.25. The van der Waals surface area contributed by atoms with E-state index in [-0.39, 0.29) is 16.7 Å². The average Bonchev–Trinajstić information content (AvgIpc) is 2.60. The van der Waals surface area contributed by atoms with Crippen LogP contribution in [0.1, 0.15) is 23.0 Å². The number of guanidine groups is 1. The molecular weight excluding hydrogens is 346 g/mol. The van der Waals surface area contributed by atoms with E-state index in [1.165, 1.54) is 19.3 Å². The Bertz CT molecular complexity index is 839. The van der Waals surface area contributed by atoms with Gasteiger partial charge in [-0.15, -0.1) is 0 Å². The smallest absolute Gasteiger partial charge is 0.297 e. The van der Waals surface area contributed by atoms with Gasteiger partial charge in [-0.2, -0.15) is 0 Å². The first-order chi connectivity index (χ1) is 11.9. The molecule has 0 unspecified atom stereocenters. The standard InChI is InChI=1S/C15H14ClN7O2/c1-9(24)21-13-12(22-11(16)8-19-13)14(25)23(18)15(17)20-7-10-5-3-2-4-6-10/h2-8,17H,18H2,1H3,(H,19,21,24). The van der Waals surface area contributed by atoms with E-state index in [2.05, 4.69) is 20.3 Å². The highest BCUT2D eigenvalue weighted by Gasteiger charge is 2.23. The fourth-order valence-electron chi connectivity index (χ4n) is 1.72. The Morgan fingerprint density at radius 2 is 2.04 bits per heavy atom. The number of nitrogens with zero attached hydrogens (tertiary/aromatic N) is 4. The van der Waals surface area contributed by atoms with Gasteiger partial charge in [-0.25, -0.2) is 25.8 Å². The summed E-state index contributed by atoms with van der Waals surface area (Å²) in [5.74, 6) is 3.64. The summed E-state index contributed by atoms with van der Waals surface area (Å²) in [5.41, 5.74) is 0.430. The number of hydrogen-bond acceptors (Lipinski definition) is 6. The van der Waals surface area contributed by atoms with E-state index in [1.54, 1.807) is 24.3 Å². The number of nitrogens with two attached hydrogens (primary N) is 1. The second-order valence-corrected chi connectivity index (χ2v) is 5.13. The maximum absolute atomic E-state index is 12.4. The molecule has 0 radical (unpaired) electrons. The van der Waals surface area contributed by atoms with Crippen LogP contribution in [0.15, 0.2) is 41.5 Å². The molecule has 0 atom stereocenters. The normalized spacial score (nSPS) is 10.5. The molecule has 0 aliphatic heterocycles. The Morgan fingerprint density at radius 1 is 1.36 bits per heavy atom. The second-order valence-electron chi connectivity index (χ2n) is 4.74. The number of benzene rings is 1. The van der Waals surface area contributed by atoms with Gasteiger partial charge in [0.05, 0.1) is 6.20 Å². The summed E-state index contributed by atoms with van der Waals surface area (Å²) in [6.07, 6.45) is 2.55. The molecular formula is C15H14ClN7O2. The summed E-state index contributed by atoms with van der Waals surface area (Å²) >= 11 is 5.74. The van der Waals surface area contributed by atoms with Gasteiger partial charge in [-0.05, 0) is 5.56 Å². The minimum Gasteiger partial charge on any atom is -0.309 e. The summed E-state index contributed by atoms with van der Waals surface area (Å²) in [4.78, 5) is 35.1. The molecule has 0 aliphatic rings. The van der Waals surface area contributed by atoms with Crippen molar-refractivity contribution in [1.82, 2.24) is 15.0 Å². The highest BCUT2D eigenvalue weighted by atomic mass is 35.5. The van der Waals surface area contributed by atoms with E-state index in [0.717, 1.165) is 5.56 Å². The molecule has 0 bridgehead atoms. The fourth-order valence-corrected chi connectivity index (χ4v) is 1.86. The molecule has 9 nitrogen and oxygen atoms in total. The maximum Gasteiger partial charge on any atom is 0.297 e. The van der Waals surface area contributed by atoms with Crippen molar-refractivity contribution >= 4 is 41.4 Å². The van der Waals surface area contributed by atoms with Gasteiger partial charge in [0.1, 0.15) is 5.15 Å². The summed E-state index contributed by atoms with van der Waals surface area (Å²) in [5, 5.41) is 10.6. The van der Waals surface area contributed by atoms with Gasteiger partial charge in [-0.1, -0.05) is 41.9 Å². The molecule has 2 amide bonds. The highest BCUT2D eigenvalue weighted by molar-refractivity contribution is 6.29. The van der Waals surface area contributed by atoms with E-state index in [0.29, 0.717) is 5.01 Å². The monoisotopic (exact) mass is 359 g/mol. The number of nitrogens with one attached hydrogen (secondary N) is 2. The molecule has 10 heteroatoms. The molecule has 128 valence electrons. The van der Waals surface area contributed by atoms with Crippen molar-refractivity contribution in [1.29, 1.82) is 5.41 Å². The van der Waals surface area contributed by atoms with Crippen LogP contribution < -0.4 is 11.2 Å². The van der Waals surface area contributed by atoms with Crippen molar-refractivity contribution < 1.29 is 9.59 Å². The summed E-state index contributed by atoms with van der Waals surface area (Å²) < 4.78 is 0. The third kappa shape index (κ3) is 4.90. The number of carbonyl (C=O) groups excluding carboxylic acids is 2. The van der Waals surface area contributed by atoms with E-state index < -0.39 is 17.8 Å². The summed E-state index contributed by atoms with van der Waals surface area (Å²) in [6, 6.07) is 8.99. The Morgan fingerprint density at radius 3 is 2.68 bits per heavy atom. The molecule has 1 heterocycles. The quantitative estimate of drug-likeness (QED) is 0.250. The van der Waals surface area contributed by atoms with Crippen molar-refractivity contribution in [2.24, 2.45) is 10.8 Å². The van der Waals surface area contributed by atoms with Gasteiger partial charge in [0, 0.05) is 13.1 Å². The molecule has 0 fully saturated rings. The van der Waals surface area contributed by atoms with Crippen LogP contribution in [0, 0.1) is 5.41 Å². The molecule has 0 spiro atoms. The predicted molar refractivity (Wildman–Crippen MR) is 93.5 cm³/mol. The van der Waals surface area contributed by atoms with Gasteiger partial charge in [0.25, 0.3) is 5.91 Å². The van der Waals surface area contributed by atoms with Crippen LogP contribution in [0.2, 0.25) is 5.15 Å². The van der Waals surface area contributed by atoms with Gasteiger partial charge in [0.2, 0.25) is 11.9 Å². The third-order valence-electron chi connectivity index (χ3n) is 2.82. The lowest BCUT2D eigenvalue weighted by molar-refractivity contribution is -0.114. The number of aromatic nitrogens is 2. The first kappa shape index (κ1) is 18.2. The van der Waals surface area contributed by atoms with Crippen LogP contribution in [0.3, 0.4) is 0 Å². The number of aliphatic imine (C=N–C) groups is 1. The fraction of sp³-hybridized carbons (Fsp3) is 0.0667. The van der Waals surface area contributed by atoms with Crippen LogP contribution in [-0.4, -0.2) is 39.0 Å². The molecule has 4 N–H and O–H groups in total. The minimum absolute atomic E-state index is 0.0647. The number of anilines is 1. The van der Waals surface area contributed by atoms with Crippen LogP contribution in [-0.2, 0) is 4.79 Å². The maximum atomic E-state index is 12.4. The molecule has 1 aromatic carbocycles. The number of hydrogen-bond donors (Lipinski definition) is 3. The number of halogens is 1. The molecule has 0 saturated carbocycles. The molecule has 25 heavy (non-hydrogen) atoms. The van der Waals surface area contributed by atoms with Crippen LogP contribution in [0.4, 0.5) is 5.82 Å². The van der Waals surface area contributed by atoms with E-state index >= 15 is 0 Å². The SMILES string of the molecule is CC(=O)Nc1ncc(Cl)nc1C(=O)N(N)C(=N)N=Cc1ccccc1. The van der Waals surface area contributed by atoms with E-state index in [1.807, 2.05) is 6.07 Å². The lowest BCUT2D eigenvalue weighted by atomic mass is 10.2. The number of amides is 2. The van der Waals surface area contributed by atoms with Crippen molar-refractivity contribution in [3.8, 4) is 0 Å². The Kier molecular flexibility index (Phi) is 5.88. The lowest BCUT2D eigenvalue weighted by Crippen LogP contribution is -2.42. The van der Waals surface area contributed by atoms with Gasteiger partial charge < -0.3 is 5.32 Å². The molecule has 2 rings (SSSR count). The molecule has 0 saturated heterocycles. The Balaban J connectivity index is 2.21. The number of hydrazine groups is 1. The van der Waals surface area contributed by atoms with Crippen molar-refractivity contribution in [3.63, 3.8) is 0 Å². The molecule has 2 aromatic rings. The van der Waals surface area contributed by atoms with E-state index in [9.17, 15) is 9.59 Å². The first-order valence-corrected chi connectivity index (χ1v) is 7.33. The number of rotatable bonds is 3. The van der Waals surface area contributed by atoms with Crippen molar-refractivity contribution in [2.45, 2.75) is 6.92 Å². The van der Waals surface area contributed by atoms with Gasteiger partial charge >= 0.3 is 0 Å². The molecule has 1 aromatic heterocycles. The largest absolute Gasteiger partial charge is 0.309 e. The zero-order valence-electron chi connectivity index (χ0n) is 13.1. The average molecular weight is 360 g/mol. The minimum atomic E-state index is -0.894. The van der Waals surface area contributed by atoms with Crippen LogP contribution in [0.25, 0.3) is 0 Å². The van der Waals surface area contributed by atoms with Crippen LogP contribution >= 0.6 is 11.6 Å². The van der Waals surface area contributed by atoms with Gasteiger partial charge in [0.15, 0.2) is 11.5 Å². The zero-order chi connectivity index (χ0) is 18.4. The Labute approximate surface area is 148 Å². The van der Waals surface area contributed by atoms with E-state index in [4.69, 9.17) is 22.9 Å². The van der Waals surface area contributed by atoms with Crippen LogP contribution in [0.5, 0.6) is 0 Å². The van der Waals surface area contributed by atoms with Gasteiger partial charge in [-0.3, -0.25) is 15.0 Å². The lowest BCUT2D eigenvalue weighted by Gasteiger charge is -2.15. The second kappa shape index (κ2) is 8.08. The van der Waals surface area contributed by atoms with Crippen molar-refractivity contribution in [2.75, 3.05) is 5.32 Å². The predicted octanol–water partition coefficient (Wildman–Crippen LogP) is 1.46. The summed E-state index contributed by atoms with van der Waals surface area (Å²) in [7, 11) is 0.